The van der Waals surface area contributed by atoms with Gasteiger partial charge in [0, 0.05) is 7.11 Å². The summed E-state index contributed by atoms with van der Waals surface area (Å²) in [5.74, 6) is 0. The summed E-state index contributed by atoms with van der Waals surface area (Å²) in [5.41, 5.74) is 0.850. The van der Waals surface area contributed by atoms with Gasteiger partial charge < -0.3 is 14.8 Å². The zero-order valence-corrected chi connectivity index (χ0v) is 12.8. The predicted molar refractivity (Wildman–Crippen MR) is 76.2 cm³/mol. The molecule has 0 radical (unpaired) electrons. The van der Waals surface area contributed by atoms with Crippen LogP contribution >= 0.6 is 0 Å². The monoisotopic (exact) mass is 317 g/mol. The molecule has 1 amide bonds. The van der Waals surface area contributed by atoms with Crippen molar-refractivity contribution >= 4 is 16.2 Å². The number of hydrogen-bond donors (Lipinski definition) is 1. The maximum atomic E-state index is 11.6. The van der Waals surface area contributed by atoms with E-state index in [1.807, 2.05) is 30.3 Å². The molecule has 8 heteroatoms. The van der Waals surface area contributed by atoms with Gasteiger partial charge in [-0.05, 0) is 5.56 Å². The molecule has 1 atom stereocenters. The van der Waals surface area contributed by atoms with E-state index < -0.39 is 22.3 Å². The highest BCUT2D eigenvalue weighted by Gasteiger charge is 2.16. The van der Waals surface area contributed by atoms with Crippen molar-refractivity contribution in [1.82, 2.24) is 5.32 Å². The summed E-state index contributed by atoms with van der Waals surface area (Å²) < 4.78 is 36.4. The molecule has 0 aliphatic carbocycles. The first-order valence-corrected chi connectivity index (χ1v) is 8.03. The summed E-state index contributed by atoms with van der Waals surface area (Å²) in [7, 11) is -2.14. The molecule has 118 valence electrons. The van der Waals surface area contributed by atoms with E-state index in [2.05, 4.69) is 9.50 Å². The highest BCUT2D eigenvalue weighted by molar-refractivity contribution is 7.85. The van der Waals surface area contributed by atoms with Gasteiger partial charge in [-0.2, -0.15) is 8.42 Å². The van der Waals surface area contributed by atoms with Crippen LogP contribution in [0.4, 0.5) is 4.79 Å². The highest BCUT2D eigenvalue weighted by Crippen LogP contribution is 2.01. The van der Waals surface area contributed by atoms with Gasteiger partial charge in [0.25, 0.3) is 10.1 Å². The molecule has 0 unspecified atom stereocenters. The fraction of sp³-hybridized carbons (Fsp3) is 0.462. The number of hydrogen-bond acceptors (Lipinski definition) is 6. The predicted octanol–water partition coefficient (Wildman–Crippen LogP) is 0.904. The molecule has 7 nitrogen and oxygen atoms in total. The largest absolute Gasteiger partial charge is 0.445 e. The number of carbonyl (C=O) groups excluding carboxylic acids is 1. The Hall–Kier alpha value is -1.64. The third kappa shape index (κ3) is 8.28. The maximum Gasteiger partial charge on any atom is 0.407 e. The average Bonchev–Trinajstić information content (AvgIpc) is 2.43. The van der Waals surface area contributed by atoms with Crippen molar-refractivity contribution in [2.45, 2.75) is 12.6 Å². The number of nitrogens with one attached hydrogen (secondary N) is 1. The molecule has 1 N–H and O–H groups in total. The van der Waals surface area contributed by atoms with Gasteiger partial charge in [0.1, 0.15) is 6.61 Å². The summed E-state index contributed by atoms with van der Waals surface area (Å²) in [5, 5.41) is 2.49. The second kappa shape index (κ2) is 8.60. The van der Waals surface area contributed by atoms with Gasteiger partial charge in [-0.1, -0.05) is 30.3 Å². The average molecular weight is 317 g/mol. The van der Waals surface area contributed by atoms with E-state index in [1.54, 1.807) is 0 Å². The fourth-order valence-corrected chi connectivity index (χ4v) is 1.88. The molecule has 0 fully saturated rings. The number of ether oxygens (including phenoxy) is 2. The van der Waals surface area contributed by atoms with E-state index in [-0.39, 0.29) is 19.8 Å². The Morgan fingerprint density at radius 3 is 2.48 bits per heavy atom. The lowest BCUT2D eigenvalue weighted by atomic mass is 10.2. The lowest BCUT2D eigenvalue weighted by Crippen LogP contribution is -2.42. The van der Waals surface area contributed by atoms with Crippen LogP contribution in [0, 0.1) is 0 Å². The van der Waals surface area contributed by atoms with Gasteiger partial charge in [0.15, 0.2) is 0 Å². The third-order valence-corrected chi connectivity index (χ3v) is 2.95. The van der Waals surface area contributed by atoms with Crippen LogP contribution in [0.3, 0.4) is 0 Å². The van der Waals surface area contributed by atoms with Crippen LogP contribution < -0.4 is 5.32 Å². The molecule has 0 saturated heterocycles. The SMILES string of the molecule is COC[C@H](COS(C)(=O)=O)NC(=O)OCc1ccccc1. The van der Waals surface area contributed by atoms with E-state index >= 15 is 0 Å². The Morgan fingerprint density at radius 1 is 1.24 bits per heavy atom. The van der Waals surface area contributed by atoms with E-state index in [4.69, 9.17) is 9.47 Å². The van der Waals surface area contributed by atoms with Gasteiger partial charge in [0.05, 0.1) is 25.5 Å². The summed E-state index contributed by atoms with van der Waals surface area (Å²) in [6, 6.07) is 8.57. The molecule has 0 bridgehead atoms. The van der Waals surface area contributed by atoms with Crippen molar-refractivity contribution in [3.8, 4) is 0 Å². The van der Waals surface area contributed by atoms with Crippen LogP contribution in [0.2, 0.25) is 0 Å². The molecular weight excluding hydrogens is 298 g/mol. The molecule has 0 spiro atoms. The second-order valence-electron chi connectivity index (χ2n) is 4.35. The van der Waals surface area contributed by atoms with Gasteiger partial charge in [-0.25, -0.2) is 4.79 Å². The van der Waals surface area contributed by atoms with Crippen molar-refractivity contribution < 1.29 is 26.9 Å². The van der Waals surface area contributed by atoms with Crippen molar-refractivity contribution in [1.29, 1.82) is 0 Å². The number of carbonyl (C=O) groups is 1. The lowest BCUT2D eigenvalue weighted by Gasteiger charge is -2.17. The normalized spacial score (nSPS) is 12.7. The Bertz CT molecular complexity index is 531. The molecule has 0 heterocycles. The van der Waals surface area contributed by atoms with Gasteiger partial charge in [-0.15, -0.1) is 0 Å². The molecule has 0 aliphatic rings. The standard InChI is InChI=1S/C13H19NO6S/c1-18-9-12(10-20-21(2,16)17)14-13(15)19-8-11-6-4-3-5-7-11/h3-7,12H,8-10H2,1-2H3,(H,14,15)/t12-/m1/s1. The minimum absolute atomic E-state index is 0.107. The van der Waals surface area contributed by atoms with Crippen molar-refractivity contribution in [3.05, 3.63) is 35.9 Å². The van der Waals surface area contributed by atoms with Crippen molar-refractivity contribution in [2.24, 2.45) is 0 Å². The van der Waals surface area contributed by atoms with Gasteiger partial charge in [0.2, 0.25) is 0 Å². The topological polar surface area (TPSA) is 90.9 Å². The molecular formula is C13H19NO6S. The van der Waals surface area contributed by atoms with E-state index in [9.17, 15) is 13.2 Å². The van der Waals surface area contributed by atoms with Gasteiger partial charge >= 0.3 is 6.09 Å². The van der Waals surface area contributed by atoms with Crippen molar-refractivity contribution in [2.75, 3.05) is 26.6 Å². The molecule has 21 heavy (non-hydrogen) atoms. The minimum Gasteiger partial charge on any atom is -0.445 e. The quantitative estimate of drug-likeness (QED) is 0.717. The zero-order chi connectivity index (χ0) is 15.7. The Labute approximate surface area is 124 Å². The Balaban J connectivity index is 2.41. The van der Waals surface area contributed by atoms with Crippen LogP contribution in [0.5, 0.6) is 0 Å². The minimum atomic E-state index is -3.58. The fourth-order valence-electron chi connectivity index (χ4n) is 1.47. The first kappa shape index (κ1) is 17.4. The van der Waals surface area contributed by atoms with Crippen LogP contribution in [-0.4, -0.2) is 47.1 Å². The number of amides is 1. The van der Waals surface area contributed by atoms with Crippen LogP contribution in [0.15, 0.2) is 30.3 Å². The van der Waals surface area contributed by atoms with Gasteiger partial charge in [-0.3, -0.25) is 4.18 Å². The Morgan fingerprint density at radius 2 is 1.90 bits per heavy atom. The summed E-state index contributed by atoms with van der Waals surface area (Å²) in [6.45, 7) is 0.0162. The zero-order valence-electron chi connectivity index (χ0n) is 11.9. The molecule has 1 aromatic rings. The number of alkyl carbamates (subject to hydrolysis) is 1. The van der Waals surface area contributed by atoms with Crippen LogP contribution in [-0.2, 0) is 30.4 Å². The smallest absolute Gasteiger partial charge is 0.407 e. The summed E-state index contributed by atoms with van der Waals surface area (Å²) in [6.07, 6.45) is 0.267. The molecule has 1 aromatic carbocycles. The van der Waals surface area contributed by atoms with E-state index in [1.165, 1.54) is 7.11 Å². The molecule has 1 rings (SSSR count). The van der Waals surface area contributed by atoms with E-state index in [0.717, 1.165) is 11.8 Å². The van der Waals surface area contributed by atoms with Crippen LogP contribution in [0.25, 0.3) is 0 Å². The van der Waals surface area contributed by atoms with E-state index in [0.29, 0.717) is 0 Å². The molecule has 0 aromatic heterocycles. The first-order chi connectivity index (χ1) is 9.90. The molecule has 0 aliphatic heterocycles. The van der Waals surface area contributed by atoms with Crippen LogP contribution in [0.1, 0.15) is 5.56 Å². The highest BCUT2D eigenvalue weighted by atomic mass is 32.2. The third-order valence-electron chi connectivity index (χ3n) is 2.39. The number of benzene rings is 1. The summed E-state index contributed by atoms with van der Waals surface area (Å²) in [4.78, 5) is 11.6. The molecule has 0 saturated carbocycles. The van der Waals surface area contributed by atoms with Crippen molar-refractivity contribution in [3.63, 3.8) is 0 Å². The Kier molecular flexibility index (Phi) is 7.13. The summed E-state index contributed by atoms with van der Waals surface area (Å²) >= 11 is 0. The maximum absolute atomic E-state index is 11.6. The second-order valence-corrected chi connectivity index (χ2v) is 5.99. The first-order valence-electron chi connectivity index (χ1n) is 6.21. The number of methoxy groups -OCH3 is 1. The lowest BCUT2D eigenvalue weighted by molar-refractivity contribution is 0.108. The number of rotatable bonds is 8.